The summed E-state index contributed by atoms with van der Waals surface area (Å²) in [6.45, 7) is 1.87. The molecular weight excluding hydrogens is 309 g/mol. The quantitative estimate of drug-likeness (QED) is 0.646. The number of hydrogen-bond donors (Lipinski definition) is 1. The molecule has 7 heteroatoms. The smallest absolute Gasteiger partial charge is 0.325 e. The van der Waals surface area contributed by atoms with Crippen LogP contribution in [0.25, 0.3) is 0 Å². The molecule has 0 atom stereocenters. The summed E-state index contributed by atoms with van der Waals surface area (Å²) in [6, 6.07) is 5.03. The third-order valence-electron chi connectivity index (χ3n) is 1.99. The second-order valence-corrected chi connectivity index (χ2v) is 5.31. The summed E-state index contributed by atoms with van der Waals surface area (Å²) in [7, 11) is 0. The molecule has 0 aliphatic heterocycles. The van der Waals surface area contributed by atoms with Gasteiger partial charge in [0.25, 0.3) is 0 Å². The van der Waals surface area contributed by atoms with Gasteiger partial charge >= 0.3 is 5.97 Å². The number of rotatable bonds is 6. The molecule has 0 heterocycles. The minimum atomic E-state index is -0.457. The van der Waals surface area contributed by atoms with Gasteiger partial charge in [-0.2, -0.15) is 0 Å². The lowest BCUT2D eigenvalue weighted by Gasteiger charge is -2.06. The van der Waals surface area contributed by atoms with E-state index in [1.54, 1.807) is 25.1 Å². The molecule has 0 saturated carbocycles. The topological polar surface area (TPSA) is 55.4 Å². The maximum atomic E-state index is 11.5. The van der Waals surface area contributed by atoms with Gasteiger partial charge in [-0.15, -0.1) is 11.8 Å². The summed E-state index contributed by atoms with van der Waals surface area (Å²) in [4.78, 5) is 23.3. The van der Waals surface area contributed by atoms with Crippen LogP contribution in [0.4, 0.5) is 0 Å². The van der Waals surface area contributed by atoms with E-state index in [2.05, 4.69) is 5.32 Å². The number of esters is 1. The second-order valence-electron chi connectivity index (χ2n) is 3.45. The lowest BCUT2D eigenvalue weighted by Crippen LogP contribution is -2.31. The largest absolute Gasteiger partial charge is 0.465 e. The number of benzene rings is 1. The molecule has 0 spiro atoms. The van der Waals surface area contributed by atoms with E-state index >= 15 is 0 Å². The first-order valence-electron chi connectivity index (χ1n) is 5.53. The molecule has 104 valence electrons. The van der Waals surface area contributed by atoms with Gasteiger partial charge in [-0.3, -0.25) is 9.59 Å². The molecule has 4 nitrogen and oxygen atoms in total. The highest BCUT2D eigenvalue weighted by Gasteiger charge is 2.08. The van der Waals surface area contributed by atoms with Crippen LogP contribution in [0.2, 0.25) is 10.0 Å². The van der Waals surface area contributed by atoms with E-state index in [1.165, 1.54) is 11.8 Å². The summed E-state index contributed by atoms with van der Waals surface area (Å²) in [5, 5.41) is 3.55. The van der Waals surface area contributed by atoms with Crippen molar-refractivity contribution in [2.24, 2.45) is 0 Å². The SMILES string of the molecule is CCOC(=O)CNC(=O)CSc1cc(Cl)ccc1Cl. The molecule has 0 radical (unpaired) electrons. The molecule has 19 heavy (non-hydrogen) atoms. The molecular formula is C12H13Cl2NO3S. The molecule has 0 aliphatic rings. The molecule has 0 saturated heterocycles. The van der Waals surface area contributed by atoms with Crippen LogP contribution in [-0.2, 0) is 14.3 Å². The first kappa shape index (κ1) is 16.1. The number of nitrogens with one attached hydrogen (secondary N) is 1. The first-order valence-corrected chi connectivity index (χ1v) is 7.27. The fourth-order valence-electron chi connectivity index (χ4n) is 1.16. The van der Waals surface area contributed by atoms with Crippen LogP contribution in [0.15, 0.2) is 23.1 Å². The normalized spacial score (nSPS) is 10.1. The van der Waals surface area contributed by atoms with Gasteiger partial charge in [0.15, 0.2) is 0 Å². The minimum absolute atomic E-state index is 0.128. The van der Waals surface area contributed by atoms with Gasteiger partial charge in [-0.05, 0) is 25.1 Å². The lowest BCUT2D eigenvalue weighted by molar-refractivity contribution is -0.143. The van der Waals surface area contributed by atoms with Crippen LogP contribution in [0.1, 0.15) is 6.92 Å². The highest BCUT2D eigenvalue weighted by atomic mass is 35.5. The molecule has 0 aromatic heterocycles. The molecule has 1 aromatic rings. The molecule has 1 aromatic carbocycles. The lowest BCUT2D eigenvalue weighted by atomic mass is 10.4. The van der Waals surface area contributed by atoms with E-state index in [-0.39, 0.29) is 18.2 Å². The average molecular weight is 322 g/mol. The fraction of sp³-hybridized carbons (Fsp3) is 0.333. The fourth-order valence-corrected chi connectivity index (χ4v) is 2.49. The van der Waals surface area contributed by atoms with E-state index in [1.807, 2.05) is 0 Å². The Labute approximate surface area is 125 Å². The number of amides is 1. The van der Waals surface area contributed by atoms with Crippen molar-refractivity contribution in [1.82, 2.24) is 5.32 Å². The van der Waals surface area contributed by atoms with Gasteiger partial charge in [0.2, 0.25) is 5.91 Å². The highest BCUT2D eigenvalue weighted by molar-refractivity contribution is 8.00. The number of carbonyl (C=O) groups is 2. The van der Waals surface area contributed by atoms with Crippen molar-refractivity contribution >= 4 is 46.8 Å². The molecule has 0 aliphatic carbocycles. The standard InChI is InChI=1S/C12H13Cl2NO3S/c1-2-18-12(17)6-15-11(16)7-19-10-5-8(13)3-4-9(10)14/h3-5H,2,6-7H2,1H3,(H,15,16). The van der Waals surface area contributed by atoms with E-state index in [9.17, 15) is 9.59 Å². The summed E-state index contributed by atoms with van der Waals surface area (Å²) < 4.78 is 4.69. The number of thioether (sulfide) groups is 1. The molecule has 1 amide bonds. The van der Waals surface area contributed by atoms with Crippen molar-refractivity contribution in [1.29, 1.82) is 0 Å². The Morgan fingerprint density at radius 1 is 1.37 bits per heavy atom. The van der Waals surface area contributed by atoms with Crippen LogP contribution in [0, 0.1) is 0 Å². The van der Waals surface area contributed by atoms with E-state index in [0.717, 1.165) is 4.90 Å². The van der Waals surface area contributed by atoms with E-state index in [4.69, 9.17) is 27.9 Å². The van der Waals surface area contributed by atoms with Crippen LogP contribution in [0.3, 0.4) is 0 Å². The molecule has 1 rings (SSSR count). The van der Waals surface area contributed by atoms with Gasteiger partial charge in [-0.25, -0.2) is 0 Å². The molecule has 0 fully saturated rings. The molecule has 1 N–H and O–H groups in total. The molecule has 0 bridgehead atoms. The van der Waals surface area contributed by atoms with Crippen molar-refractivity contribution in [3.8, 4) is 0 Å². The Kier molecular flexibility index (Phi) is 7.05. The third kappa shape index (κ3) is 6.18. The van der Waals surface area contributed by atoms with E-state index in [0.29, 0.717) is 16.7 Å². The maximum absolute atomic E-state index is 11.5. The van der Waals surface area contributed by atoms with Crippen molar-refractivity contribution in [2.75, 3.05) is 18.9 Å². The van der Waals surface area contributed by atoms with Gasteiger partial charge in [0, 0.05) is 9.92 Å². The zero-order valence-corrected chi connectivity index (χ0v) is 12.6. The number of ether oxygens (including phenoxy) is 1. The zero-order chi connectivity index (χ0) is 14.3. The van der Waals surface area contributed by atoms with Gasteiger partial charge in [-0.1, -0.05) is 23.2 Å². The number of carbonyl (C=O) groups excluding carboxylic acids is 2. The van der Waals surface area contributed by atoms with Crippen LogP contribution >= 0.6 is 35.0 Å². The van der Waals surface area contributed by atoms with Crippen molar-refractivity contribution in [2.45, 2.75) is 11.8 Å². The first-order chi connectivity index (χ1) is 9.02. The summed E-state index contributed by atoms with van der Waals surface area (Å²) in [5.74, 6) is -0.574. The summed E-state index contributed by atoms with van der Waals surface area (Å²) >= 11 is 13.1. The van der Waals surface area contributed by atoms with Crippen molar-refractivity contribution < 1.29 is 14.3 Å². The predicted octanol–water partition coefficient (Wildman–Crippen LogP) is 2.76. The van der Waals surface area contributed by atoms with Crippen LogP contribution in [0.5, 0.6) is 0 Å². The summed E-state index contributed by atoms with van der Waals surface area (Å²) in [5.41, 5.74) is 0. The predicted molar refractivity (Wildman–Crippen MR) is 76.8 cm³/mol. The van der Waals surface area contributed by atoms with Gasteiger partial charge in [0.1, 0.15) is 6.54 Å². The minimum Gasteiger partial charge on any atom is -0.465 e. The van der Waals surface area contributed by atoms with Crippen LogP contribution in [-0.4, -0.2) is 30.8 Å². The Morgan fingerprint density at radius 2 is 2.11 bits per heavy atom. The third-order valence-corrected chi connectivity index (χ3v) is 3.72. The second kappa shape index (κ2) is 8.30. The van der Waals surface area contributed by atoms with Crippen molar-refractivity contribution in [3.05, 3.63) is 28.2 Å². The van der Waals surface area contributed by atoms with Crippen molar-refractivity contribution in [3.63, 3.8) is 0 Å². The van der Waals surface area contributed by atoms with Crippen LogP contribution < -0.4 is 5.32 Å². The Balaban J connectivity index is 2.38. The highest BCUT2D eigenvalue weighted by Crippen LogP contribution is 2.29. The number of hydrogen-bond acceptors (Lipinski definition) is 4. The average Bonchev–Trinajstić information content (AvgIpc) is 2.38. The van der Waals surface area contributed by atoms with Gasteiger partial charge in [0.05, 0.1) is 17.4 Å². The summed E-state index contributed by atoms with van der Waals surface area (Å²) in [6.07, 6.45) is 0. The zero-order valence-electron chi connectivity index (χ0n) is 10.2. The Bertz CT molecular complexity index is 468. The molecule has 0 unspecified atom stereocenters. The Morgan fingerprint density at radius 3 is 2.79 bits per heavy atom. The van der Waals surface area contributed by atoms with E-state index < -0.39 is 5.97 Å². The maximum Gasteiger partial charge on any atom is 0.325 e. The monoisotopic (exact) mass is 321 g/mol. The number of halogens is 2. The van der Waals surface area contributed by atoms with Gasteiger partial charge < -0.3 is 10.1 Å². The Hall–Kier alpha value is -0.910.